The minimum Gasteiger partial charge on any atom is -0.456 e. The molecule has 1 aromatic carbocycles. The van der Waals surface area contributed by atoms with Crippen molar-refractivity contribution in [3.8, 4) is 0 Å². The molecule has 0 fully saturated rings. The number of fused-ring (bicyclic) bond motifs is 1. The smallest absolute Gasteiger partial charge is 0.338 e. The summed E-state index contributed by atoms with van der Waals surface area (Å²) in [6, 6.07) is 9.19. The number of imidazole rings is 1. The number of aryl methyl sites for hydroxylation is 1. The molecule has 0 amide bonds. The van der Waals surface area contributed by atoms with Crippen molar-refractivity contribution in [3.63, 3.8) is 0 Å². The predicted octanol–water partition coefficient (Wildman–Crippen LogP) is 3.96. The van der Waals surface area contributed by atoms with Gasteiger partial charge in [0.15, 0.2) is 0 Å². The Balaban J connectivity index is 1.76. The van der Waals surface area contributed by atoms with E-state index in [1.165, 1.54) is 0 Å². The van der Waals surface area contributed by atoms with Crippen molar-refractivity contribution < 1.29 is 9.53 Å². The fourth-order valence-corrected chi connectivity index (χ4v) is 2.44. The molecule has 0 N–H and O–H groups in total. The average molecular weight is 315 g/mol. The summed E-state index contributed by atoms with van der Waals surface area (Å²) in [5.74, 6) is -0.337. The van der Waals surface area contributed by atoms with Crippen LogP contribution in [0.1, 0.15) is 27.2 Å². The Hall–Kier alpha value is -2.33. The molecule has 0 spiro atoms. The van der Waals surface area contributed by atoms with Crippen molar-refractivity contribution in [2.24, 2.45) is 0 Å². The zero-order valence-electron chi connectivity index (χ0n) is 12.3. The number of hydrogen-bond donors (Lipinski definition) is 0. The molecule has 3 rings (SSSR count). The molecular formula is C17H15ClN2O2. The Kier molecular flexibility index (Phi) is 3.86. The SMILES string of the molecule is Cc1cccc(C(=O)OCc2cn3cc(Cl)ccc3n2)c1C. The molecule has 3 aromatic rings. The van der Waals surface area contributed by atoms with Crippen LogP contribution in [0.25, 0.3) is 5.65 Å². The van der Waals surface area contributed by atoms with Crippen LogP contribution in [-0.2, 0) is 11.3 Å². The first-order chi connectivity index (χ1) is 10.5. The Morgan fingerprint density at radius 2 is 2.05 bits per heavy atom. The molecule has 0 unspecified atom stereocenters. The van der Waals surface area contributed by atoms with Crippen LogP contribution in [0.15, 0.2) is 42.7 Å². The van der Waals surface area contributed by atoms with Crippen LogP contribution in [0, 0.1) is 13.8 Å². The van der Waals surface area contributed by atoms with E-state index in [1.807, 2.05) is 36.4 Å². The van der Waals surface area contributed by atoms with Crippen LogP contribution in [0.3, 0.4) is 0 Å². The third-order valence-electron chi connectivity index (χ3n) is 3.64. The van der Waals surface area contributed by atoms with Gasteiger partial charge in [0.1, 0.15) is 12.3 Å². The first-order valence-electron chi connectivity index (χ1n) is 6.91. The van der Waals surface area contributed by atoms with Crippen LogP contribution in [0.2, 0.25) is 5.02 Å². The number of carbonyl (C=O) groups is 1. The molecule has 0 aliphatic rings. The van der Waals surface area contributed by atoms with E-state index in [-0.39, 0.29) is 12.6 Å². The molecule has 0 atom stereocenters. The standard InChI is InChI=1S/C17H15ClN2O2/c1-11-4-3-5-15(12(11)2)17(21)22-10-14-9-20-8-13(18)6-7-16(20)19-14/h3-9H,10H2,1-2H3. The van der Waals surface area contributed by atoms with Crippen LogP contribution in [0.4, 0.5) is 0 Å². The van der Waals surface area contributed by atoms with Gasteiger partial charge in [-0.3, -0.25) is 0 Å². The molecule has 4 nitrogen and oxygen atoms in total. The summed E-state index contributed by atoms with van der Waals surface area (Å²) < 4.78 is 7.17. The highest BCUT2D eigenvalue weighted by Crippen LogP contribution is 2.16. The second kappa shape index (κ2) is 5.81. The molecule has 2 aromatic heterocycles. The third-order valence-corrected chi connectivity index (χ3v) is 3.86. The van der Waals surface area contributed by atoms with Gasteiger partial charge in [0.25, 0.3) is 0 Å². The van der Waals surface area contributed by atoms with E-state index in [9.17, 15) is 4.79 Å². The van der Waals surface area contributed by atoms with Crippen LogP contribution in [-0.4, -0.2) is 15.4 Å². The normalized spacial score (nSPS) is 10.9. The van der Waals surface area contributed by atoms with Gasteiger partial charge in [0.2, 0.25) is 0 Å². The number of benzene rings is 1. The minimum atomic E-state index is -0.337. The van der Waals surface area contributed by atoms with Gasteiger partial charge in [0, 0.05) is 12.4 Å². The van der Waals surface area contributed by atoms with E-state index in [4.69, 9.17) is 16.3 Å². The monoisotopic (exact) mass is 314 g/mol. The second-order valence-electron chi connectivity index (χ2n) is 5.17. The molecule has 0 saturated heterocycles. The fraction of sp³-hybridized carbons (Fsp3) is 0.176. The highest BCUT2D eigenvalue weighted by Gasteiger charge is 2.12. The molecule has 22 heavy (non-hydrogen) atoms. The first-order valence-corrected chi connectivity index (χ1v) is 7.29. The maximum atomic E-state index is 12.2. The van der Waals surface area contributed by atoms with Gasteiger partial charge in [-0.1, -0.05) is 23.7 Å². The number of halogens is 1. The number of nitrogens with zero attached hydrogens (tertiary/aromatic N) is 2. The molecule has 0 aliphatic heterocycles. The Bertz CT molecular complexity index is 855. The summed E-state index contributed by atoms with van der Waals surface area (Å²) in [5, 5.41) is 0.629. The number of carbonyl (C=O) groups excluding carboxylic acids is 1. The second-order valence-corrected chi connectivity index (χ2v) is 5.61. The lowest BCUT2D eigenvalue weighted by Gasteiger charge is -2.07. The molecule has 5 heteroatoms. The lowest BCUT2D eigenvalue weighted by Crippen LogP contribution is -2.08. The Morgan fingerprint density at radius 3 is 2.86 bits per heavy atom. The molecular weight excluding hydrogens is 300 g/mol. The maximum Gasteiger partial charge on any atom is 0.338 e. The highest BCUT2D eigenvalue weighted by molar-refractivity contribution is 6.30. The molecule has 2 heterocycles. The van der Waals surface area contributed by atoms with E-state index in [1.54, 1.807) is 24.5 Å². The Morgan fingerprint density at radius 1 is 1.23 bits per heavy atom. The van der Waals surface area contributed by atoms with E-state index in [2.05, 4.69) is 4.98 Å². The number of esters is 1. The third kappa shape index (κ3) is 2.83. The molecule has 112 valence electrons. The van der Waals surface area contributed by atoms with E-state index < -0.39 is 0 Å². The topological polar surface area (TPSA) is 43.6 Å². The van der Waals surface area contributed by atoms with Gasteiger partial charge >= 0.3 is 5.97 Å². The average Bonchev–Trinajstić information content (AvgIpc) is 2.89. The molecule has 0 radical (unpaired) electrons. The summed E-state index contributed by atoms with van der Waals surface area (Å²) in [6.07, 6.45) is 3.57. The highest BCUT2D eigenvalue weighted by atomic mass is 35.5. The van der Waals surface area contributed by atoms with E-state index in [0.29, 0.717) is 16.3 Å². The van der Waals surface area contributed by atoms with Crippen molar-refractivity contribution in [2.75, 3.05) is 0 Å². The quantitative estimate of drug-likeness (QED) is 0.687. The minimum absolute atomic E-state index is 0.130. The van der Waals surface area contributed by atoms with Crippen molar-refractivity contribution in [1.82, 2.24) is 9.38 Å². The van der Waals surface area contributed by atoms with E-state index in [0.717, 1.165) is 16.8 Å². The van der Waals surface area contributed by atoms with Gasteiger partial charge in [-0.25, -0.2) is 9.78 Å². The predicted molar refractivity (Wildman–Crippen MR) is 85.2 cm³/mol. The zero-order chi connectivity index (χ0) is 15.7. The van der Waals surface area contributed by atoms with Crippen molar-refractivity contribution in [3.05, 3.63) is 70.1 Å². The van der Waals surface area contributed by atoms with Crippen LogP contribution in [0.5, 0.6) is 0 Å². The van der Waals surface area contributed by atoms with Crippen molar-refractivity contribution in [1.29, 1.82) is 0 Å². The fourth-order valence-electron chi connectivity index (χ4n) is 2.28. The number of ether oxygens (including phenoxy) is 1. The number of aromatic nitrogens is 2. The number of hydrogen-bond acceptors (Lipinski definition) is 3. The molecule has 0 bridgehead atoms. The largest absolute Gasteiger partial charge is 0.456 e. The van der Waals surface area contributed by atoms with Gasteiger partial charge in [0.05, 0.1) is 16.3 Å². The van der Waals surface area contributed by atoms with Gasteiger partial charge in [-0.2, -0.15) is 0 Å². The number of pyridine rings is 1. The Labute approximate surface area is 133 Å². The molecule has 0 saturated carbocycles. The summed E-state index contributed by atoms with van der Waals surface area (Å²) in [7, 11) is 0. The summed E-state index contributed by atoms with van der Waals surface area (Å²) in [5.41, 5.74) is 4.04. The zero-order valence-corrected chi connectivity index (χ0v) is 13.1. The van der Waals surface area contributed by atoms with Gasteiger partial charge in [-0.15, -0.1) is 0 Å². The lowest BCUT2D eigenvalue weighted by atomic mass is 10.0. The maximum absolute atomic E-state index is 12.2. The van der Waals surface area contributed by atoms with Crippen molar-refractivity contribution in [2.45, 2.75) is 20.5 Å². The van der Waals surface area contributed by atoms with Gasteiger partial charge in [-0.05, 0) is 43.2 Å². The lowest BCUT2D eigenvalue weighted by molar-refractivity contribution is 0.0467. The van der Waals surface area contributed by atoms with Crippen LogP contribution >= 0.6 is 11.6 Å². The summed E-state index contributed by atoms with van der Waals surface area (Å²) >= 11 is 5.93. The van der Waals surface area contributed by atoms with Crippen LogP contribution < -0.4 is 0 Å². The summed E-state index contributed by atoms with van der Waals surface area (Å²) in [6.45, 7) is 4.02. The number of rotatable bonds is 3. The summed E-state index contributed by atoms with van der Waals surface area (Å²) in [4.78, 5) is 16.6. The van der Waals surface area contributed by atoms with E-state index >= 15 is 0 Å². The van der Waals surface area contributed by atoms with Crippen molar-refractivity contribution >= 4 is 23.2 Å². The van der Waals surface area contributed by atoms with Gasteiger partial charge < -0.3 is 9.14 Å². The molecule has 0 aliphatic carbocycles. The first kappa shape index (κ1) is 14.6.